The number of benzene rings is 2. The Hall–Kier alpha value is -2.17. The molecule has 3 rings (SSSR count). The molecule has 0 spiro atoms. The maximum absolute atomic E-state index is 14.3. The average molecular weight is 373 g/mol. The number of hydrogen-bond acceptors (Lipinski definition) is 2. The fourth-order valence-corrected chi connectivity index (χ4v) is 3.32. The highest BCUT2D eigenvalue weighted by Crippen LogP contribution is 2.36. The van der Waals surface area contributed by atoms with E-state index in [1.807, 2.05) is 50.3 Å². The predicted molar refractivity (Wildman–Crippen MR) is 103 cm³/mol. The van der Waals surface area contributed by atoms with E-state index in [9.17, 15) is 9.18 Å². The van der Waals surface area contributed by atoms with Crippen LogP contribution >= 0.6 is 11.6 Å². The van der Waals surface area contributed by atoms with E-state index in [1.54, 1.807) is 11.0 Å². The summed E-state index contributed by atoms with van der Waals surface area (Å²) in [6.07, 6.45) is 1.93. The van der Waals surface area contributed by atoms with E-state index in [0.717, 1.165) is 11.1 Å². The highest BCUT2D eigenvalue weighted by molar-refractivity contribution is 6.30. The van der Waals surface area contributed by atoms with E-state index < -0.39 is 6.04 Å². The Kier molecular flexibility index (Phi) is 5.44. The Morgan fingerprint density at radius 3 is 2.58 bits per heavy atom. The smallest absolute Gasteiger partial charge is 0.240 e. The van der Waals surface area contributed by atoms with Crippen molar-refractivity contribution in [2.75, 3.05) is 6.54 Å². The second-order valence-electron chi connectivity index (χ2n) is 6.91. The van der Waals surface area contributed by atoms with Crippen LogP contribution in [-0.2, 0) is 4.79 Å². The minimum Gasteiger partial charge on any atom is -0.326 e. The summed E-state index contributed by atoms with van der Waals surface area (Å²) in [5.74, 6) is -0.469. The van der Waals surface area contributed by atoms with Crippen molar-refractivity contribution in [1.82, 2.24) is 4.90 Å². The first-order chi connectivity index (χ1) is 12.4. The second kappa shape index (κ2) is 7.60. The van der Waals surface area contributed by atoms with Crippen LogP contribution in [0, 0.1) is 11.7 Å². The van der Waals surface area contributed by atoms with Gasteiger partial charge in [0.05, 0.1) is 12.1 Å². The third-order valence-electron chi connectivity index (χ3n) is 4.74. The fraction of sp³-hybridized carbons (Fsp3) is 0.286. The van der Waals surface area contributed by atoms with E-state index >= 15 is 0 Å². The molecule has 0 fully saturated rings. The molecule has 0 aliphatic carbocycles. The maximum atomic E-state index is 14.3. The van der Waals surface area contributed by atoms with Crippen molar-refractivity contribution in [3.63, 3.8) is 0 Å². The molecule has 5 heteroatoms. The predicted octanol–water partition coefficient (Wildman–Crippen LogP) is 4.43. The topological polar surface area (TPSA) is 46.3 Å². The standard InChI is InChI=1S/C21H22ClFN2O/c1-13(2)20(24)21(26)25-12-15(17-11-16(22)8-9-18(17)23)10-19(25)14-6-4-3-5-7-14/h3-11,13,19-20H,12,24H2,1-2H3/t19?,20-/m0/s1. The minimum absolute atomic E-state index is 0.0193. The normalized spacial score (nSPS) is 18.2. The van der Waals surface area contributed by atoms with Gasteiger partial charge in [0.15, 0.2) is 0 Å². The molecule has 26 heavy (non-hydrogen) atoms. The summed E-state index contributed by atoms with van der Waals surface area (Å²) in [6, 6.07) is 13.3. The zero-order chi connectivity index (χ0) is 18.8. The first kappa shape index (κ1) is 18.6. The van der Waals surface area contributed by atoms with E-state index in [-0.39, 0.29) is 23.7 Å². The number of hydrogen-bond donors (Lipinski definition) is 1. The molecule has 136 valence electrons. The van der Waals surface area contributed by atoms with Crippen LogP contribution < -0.4 is 5.73 Å². The monoisotopic (exact) mass is 372 g/mol. The van der Waals surface area contributed by atoms with Crippen LogP contribution in [0.15, 0.2) is 54.6 Å². The lowest BCUT2D eigenvalue weighted by Gasteiger charge is -2.29. The van der Waals surface area contributed by atoms with Crippen LogP contribution in [0.2, 0.25) is 5.02 Å². The minimum atomic E-state index is -0.599. The van der Waals surface area contributed by atoms with Crippen molar-refractivity contribution < 1.29 is 9.18 Å². The van der Waals surface area contributed by atoms with Gasteiger partial charge in [-0.25, -0.2) is 4.39 Å². The summed E-state index contributed by atoms with van der Waals surface area (Å²) in [5.41, 5.74) is 8.24. The summed E-state index contributed by atoms with van der Waals surface area (Å²) in [6.45, 7) is 4.14. The van der Waals surface area contributed by atoms with Crippen LogP contribution in [0.5, 0.6) is 0 Å². The molecule has 0 saturated carbocycles. The third kappa shape index (κ3) is 3.67. The van der Waals surface area contributed by atoms with E-state index in [0.29, 0.717) is 17.1 Å². The zero-order valence-corrected chi connectivity index (χ0v) is 15.6. The van der Waals surface area contributed by atoms with Crippen LogP contribution in [0.3, 0.4) is 0 Å². The van der Waals surface area contributed by atoms with Gasteiger partial charge >= 0.3 is 0 Å². The molecule has 1 unspecified atom stereocenters. The van der Waals surface area contributed by atoms with Crippen LogP contribution in [0.1, 0.15) is 31.0 Å². The summed E-state index contributed by atoms with van der Waals surface area (Å²) in [5, 5.41) is 0.460. The Morgan fingerprint density at radius 2 is 1.92 bits per heavy atom. The molecule has 0 saturated heterocycles. The summed E-state index contributed by atoms with van der Waals surface area (Å²) < 4.78 is 14.3. The number of amides is 1. The SMILES string of the molecule is CC(C)[C@H](N)C(=O)N1CC(c2cc(Cl)ccc2F)=CC1c1ccccc1. The van der Waals surface area contributed by atoms with Gasteiger partial charge in [-0.1, -0.05) is 61.9 Å². The number of nitrogens with zero attached hydrogens (tertiary/aromatic N) is 1. The largest absolute Gasteiger partial charge is 0.326 e. The molecular weight excluding hydrogens is 351 g/mol. The molecule has 1 amide bonds. The van der Waals surface area contributed by atoms with Crippen molar-refractivity contribution >= 4 is 23.1 Å². The maximum Gasteiger partial charge on any atom is 0.240 e. The van der Waals surface area contributed by atoms with Crippen molar-refractivity contribution in [3.05, 3.63) is 76.6 Å². The number of carbonyl (C=O) groups is 1. The number of nitrogens with two attached hydrogens (primary N) is 1. The molecule has 2 aromatic rings. The summed E-state index contributed by atoms with van der Waals surface area (Å²) in [4.78, 5) is 14.7. The van der Waals surface area contributed by atoms with Crippen LogP contribution in [0.25, 0.3) is 5.57 Å². The summed E-state index contributed by atoms with van der Waals surface area (Å²) >= 11 is 6.05. The van der Waals surface area contributed by atoms with Gasteiger partial charge in [-0.3, -0.25) is 4.79 Å². The first-order valence-electron chi connectivity index (χ1n) is 8.65. The highest BCUT2D eigenvalue weighted by Gasteiger charge is 2.34. The van der Waals surface area contributed by atoms with Gasteiger partial charge in [0.1, 0.15) is 5.82 Å². The Morgan fingerprint density at radius 1 is 1.23 bits per heavy atom. The fourth-order valence-electron chi connectivity index (χ4n) is 3.15. The van der Waals surface area contributed by atoms with E-state index in [4.69, 9.17) is 17.3 Å². The number of carbonyl (C=O) groups excluding carboxylic acids is 1. The van der Waals surface area contributed by atoms with E-state index in [1.165, 1.54) is 12.1 Å². The molecule has 2 atom stereocenters. The Labute approximate surface area is 158 Å². The zero-order valence-electron chi connectivity index (χ0n) is 14.8. The quantitative estimate of drug-likeness (QED) is 0.863. The van der Waals surface area contributed by atoms with Crippen molar-refractivity contribution in [2.45, 2.75) is 25.9 Å². The average Bonchev–Trinajstić information content (AvgIpc) is 3.08. The molecule has 0 bridgehead atoms. The Bertz CT molecular complexity index is 835. The molecule has 1 aliphatic heterocycles. The van der Waals surface area contributed by atoms with Gasteiger partial charge in [0.2, 0.25) is 5.91 Å². The third-order valence-corrected chi connectivity index (χ3v) is 4.97. The molecule has 1 aliphatic rings. The molecule has 2 aromatic carbocycles. The molecule has 0 aromatic heterocycles. The van der Waals surface area contributed by atoms with Gasteiger partial charge in [0.25, 0.3) is 0 Å². The molecule has 1 heterocycles. The lowest BCUT2D eigenvalue weighted by molar-refractivity contribution is -0.134. The highest BCUT2D eigenvalue weighted by atomic mass is 35.5. The summed E-state index contributed by atoms with van der Waals surface area (Å²) in [7, 11) is 0. The number of rotatable bonds is 4. The van der Waals surface area contributed by atoms with Crippen molar-refractivity contribution in [3.8, 4) is 0 Å². The van der Waals surface area contributed by atoms with Gasteiger partial charge in [0, 0.05) is 17.1 Å². The number of halogens is 2. The lowest BCUT2D eigenvalue weighted by Crippen LogP contribution is -2.46. The Balaban J connectivity index is 2.01. The molecular formula is C21H22ClFN2O. The lowest BCUT2D eigenvalue weighted by atomic mass is 10.0. The second-order valence-corrected chi connectivity index (χ2v) is 7.34. The van der Waals surface area contributed by atoms with Crippen molar-refractivity contribution in [1.29, 1.82) is 0 Å². The van der Waals surface area contributed by atoms with Crippen molar-refractivity contribution in [2.24, 2.45) is 11.7 Å². The molecule has 3 nitrogen and oxygen atoms in total. The van der Waals surface area contributed by atoms with Gasteiger partial charge < -0.3 is 10.6 Å². The van der Waals surface area contributed by atoms with Gasteiger partial charge in [-0.05, 0) is 35.3 Å². The van der Waals surface area contributed by atoms with Gasteiger partial charge in [-0.15, -0.1) is 0 Å². The van der Waals surface area contributed by atoms with Crippen LogP contribution in [-0.4, -0.2) is 23.4 Å². The van der Waals surface area contributed by atoms with E-state index in [2.05, 4.69) is 0 Å². The first-order valence-corrected chi connectivity index (χ1v) is 9.03. The molecule has 0 radical (unpaired) electrons. The van der Waals surface area contributed by atoms with Crippen LogP contribution in [0.4, 0.5) is 4.39 Å². The molecule has 2 N–H and O–H groups in total. The van der Waals surface area contributed by atoms with Gasteiger partial charge in [-0.2, -0.15) is 0 Å².